The molecule has 0 aliphatic carbocycles. The molecule has 0 bridgehead atoms. The molecule has 1 nitrogen and oxygen atoms in total. The molecule has 94 valence electrons. The minimum atomic E-state index is 0.648. The SMILES string of the molecule is CCc1ccccc1OCc1c(C)cccc1C. The Balaban J connectivity index is 2.16. The van der Waals surface area contributed by atoms with Crippen molar-refractivity contribution in [2.24, 2.45) is 0 Å². The highest BCUT2D eigenvalue weighted by Crippen LogP contribution is 2.21. The van der Waals surface area contributed by atoms with E-state index in [0.717, 1.165) is 12.2 Å². The minimum absolute atomic E-state index is 0.648. The van der Waals surface area contributed by atoms with Crippen LogP contribution in [-0.2, 0) is 13.0 Å². The van der Waals surface area contributed by atoms with Gasteiger partial charge >= 0.3 is 0 Å². The molecule has 0 aromatic heterocycles. The van der Waals surface area contributed by atoms with E-state index in [-0.39, 0.29) is 0 Å². The molecule has 2 rings (SSSR count). The number of hydrogen-bond donors (Lipinski definition) is 0. The second-order valence-electron chi connectivity index (χ2n) is 4.62. The summed E-state index contributed by atoms with van der Waals surface area (Å²) in [6.07, 6.45) is 1.00. The van der Waals surface area contributed by atoms with Crippen LogP contribution >= 0.6 is 0 Å². The Labute approximate surface area is 109 Å². The van der Waals surface area contributed by atoms with Gasteiger partial charge in [0, 0.05) is 0 Å². The van der Waals surface area contributed by atoms with Gasteiger partial charge in [-0.2, -0.15) is 0 Å². The van der Waals surface area contributed by atoms with Crippen LogP contribution in [0.25, 0.3) is 0 Å². The van der Waals surface area contributed by atoms with Crippen LogP contribution < -0.4 is 4.74 Å². The van der Waals surface area contributed by atoms with Gasteiger partial charge in [-0.3, -0.25) is 0 Å². The first-order valence-corrected chi connectivity index (χ1v) is 6.48. The normalized spacial score (nSPS) is 10.4. The lowest BCUT2D eigenvalue weighted by Crippen LogP contribution is -2.02. The monoisotopic (exact) mass is 240 g/mol. The molecule has 2 aromatic rings. The van der Waals surface area contributed by atoms with Crippen LogP contribution in [0.4, 0.5) is 0 Å². The molecule has 2 aromatic carbocycles. The number of ether oxygens (including phenoxy) is 1. The quantitative estimate of drug-likeness (QED) is 0.767. The lowest BCUT2D eigenvalue weighted by Gasteiger charge is -2.13. The number of hydrogen-bond acceptors (Lipinski definition) is 1. The summed E-state index contributed by atoms with van der Waals surface area (Å²) >= 11 is 0. The molecule has 0 aliphatic rings. The van der Waals surface area contributed by atoms with Gasteiger partial charge in [0.25, 0.3) is 0 Å². The van der Waals surface area contributed by atoms with E-state index in [1.165, 1.54) is 22.3 Å². The van der Waals surface area contributed by atoms with E-state index in [1.54, 1.807) is 0 Å². The number of aryl methyl sites for hydroxylation is 3. The summed E-state index contributed by atoms with van der Waals surface area (Å²) in [5.74, 6) is 1.00. The van der Waals surface area contributed by atoms with Gasteiger partial charge in [0.1, 0.15) is 12.4 Å². The van der Waals surface area contributed by atoms with Crippen LogP contribution in [0, 0.1) is 13.8 Å². The van der Waals surface area contributed by atoms with Gasteiger partial charge < -0.3 is 4.74 Å². The first-order chi connectivity index (χ1) is 8.72. The Morgan fingerprint density at radius 1 is 0.889 bits per heavy atom. The predicted molar refractivity (Wildman–Crippen MR) is 76.1 cm³/mol. The van der Waals surface area contributed by atoms with Crippen molar-refractivity contribution in [2.75, 3.05) is 0 Å². The summed E-state index contributed by atoms with van der Waals surface area (Å²) in [6, 6.07) is 14.6. The van der Waals surface area contributed by atoms with Crippen LogP contribution in [0.5, 0.6) is 5.75 Å². The Morgan fingerprint density at radius 3 is 2.22 bits per heavy atom. The zero-order valence-corrected chi connectivity index (χ0v) is 11.4. The molecule has 0 N–H and O–H groups in total. The number of para-hydroxylation sites is 1. The molecule has 0 spiro atoms. The molecule has 0 saturated heterocycles. The van der Waals surface area contributed by atoms with Crippen molar-refractivity contribution in [3.05, 3.63) is 64.7 Å². The maximum atomic E-state index is 5.98. The van der Waals surface area contributed by atoms with Gasteiger partial charge in [-0.15, -0.1) is 0 Å². The largest absolute Gasteiger partial charge is 0.489 e. The Hall–Kier alpha value is -1.76. The van der Waals surface area contributed by atoms with E-state index in [4.69, 9.17) is 4.74 Å². The molecule has 0 heterocycles. The van der Waals surface area contributed by atoms with Crippen LogP contribution in [0.1, 0.15) is 29.2 Å². The Morgan fingerprint density at radius 2 is 1.56 bits per heavy atom. The zero-order valence-electron chi connectivity index (χ0n) is 11.4. The summed E-state index contributed by atoms with van der Waals surface area (Å²) in [4.78, 5) is 0. The average molecular weight is 240 g/mol. The molecular weight excluding hydrogens is 220 g/mol. The van der Waals surface area contributed by atoms with Crippen LogP contribution in [0.3, 0.4) is 0 Å². The first kappa shape index (κ1) is 12.7. The fraction of sp³-hybridized carbons (Fsp3) is 0.294. The lowest BCUT2D eigenvalue weighted by atomic mass is 10.0. The predicted octanol–water partition coefficient (Wildman–Crippen LogP) is 4.44. The standard InChI is InChI=1S/C17H20O/c1-4-15-10-5-6-11-17(15)18-12-16-13(2)8-7-9-14(16)3/h5-11H,4,12H2,1-3H3. The topological polar surface area (TPSA) is 9.23 Å². The molecule has 0 atom stereocenters. The molecule has 0 unspecified atom stereocenters. The van der Waals surface area contributed by atoms with Crippen LogP contribution in [0.2, 0.25) is 0 Å². The maximum Gasteiger partial charge on any atom is 0.122 e. The van der Waals surface area contributed by atoms with Gasteiger partial charge in [-0.1, -0.05) is 43.3 Å². The third-order valence-corrected chi connectivity index (χ3v) is 3.37. The molecule has 18 heavy (non-hydrogen) atoms. The van der Waals surface area contributed by atoms with Crippen molar-refractivity contribution in [3.63, 3.8) is 0 Å². The molecule has 1 heteroatoms. The Kier molecular flexibility index (Phi) is 4.03. The van der Waals surface area contributed by atoms with Crippen molar-refractivity contribution < 1.29 is 4.74 Å². The van der Waals surface area contributed by atoms with Crippen molar-refractivity contribution in [1.29, 1.82) is 0 Å². The fourth-order valence-corrected chi connectivity index (χ4v) is 2.16. The molecule has 0 aliphatic heterocycles. The van der Waals surface area contributed by atoms with Gasteiger partial charge in [0.05, 0.1) is 0 Å². The van der Waals surface area contributed by atoms with Crippen molar-refractivity contribution in [3.8, 4) is 5.75 Å². The molecular formula is C17H20O. The third kappa shape index (κ3) is 2.73. The molecule has 0 amide bonds. The summed E-state index contributed by atoms with van der Waals surface area (Å²) in [5, 5.41) is 0. The van der Waals surface area contributed by atoms with Crippen molar-refractivity contribution in [1.82, 2.24) is 0 Å². The second kappa shape index (κ2) is 5.72. The summed E-state index contributed by atoms with van der Waals surface area (Å²) in [7, 11) is 0. The van der Waals surface area contributed by atoms with Crippen LogP contribution in [0.15, 0.2) is 42.5 Å². The molecule has 0 fully saturated rings. The highest BCUT2D eigenvalue weighted by Gasteiger charge is 2.05. The van der Waals surface area contributed by atoms with E-state index < -0.39 is 0 Å². The van der Waals surface area contributed by atoms with Crippen LogP contribution in [-0.4, -0.2) is 0 Å². The molecule has 0 saturated carbocycles. The molecule has 0 radical (unpaired) electrons. The zero-order chi connectivity index (χ0) is 13.0. The highest BCUT2D eigenvalue weighted by atomic mass is 16.5. The summed E-state index contributed by atoms with van der Waals surface area (Å²) < 4.78 is 5.98. The average Bonchev–Trinajstić information content (AvgIpc) is 2.38. The number of benzene rings is 2. The van der Waals surface area contributed by atoms with Gasteiger partial charge in [0.2, 0.25) is 0 Å². The first-order valence-electron chi connectivity index (χ1n) is 6.48. The van der Waals surface area contributed by atoms with E-state index in [9.17, 15) is 0 Å². The summed E-state index contributed by atoms with van der Waals surface area (Å²) in [6.45, 7) is 7.07. The fourth-order valence-electron chi connectivity index (χ4n) is 2.16. The highest BCUT2D eigenvalue weighted by molar-refractivity contribution is 5.36. The third-order valence-electron chi connectivity index (χ3n) is 3.37. The van der Waals surface area contributed by atoms with E-state index in [0.29, 0.717) is 6.61 Å². The van der Waals surface area contributed by atoms with Crippen molar-refractivity contribution in [2.45, 2.75) is 33.8 Å². The minimum Gasteiger partial charge on any atom is -0.489 e. The lowest BCUT2D eigenvalue weighted by molar-refractivity contribution is 0.301. The second-order valence-corrected chi connectivity index (χ2v) is 4.62. The van der Waals surface area contributed by atoms with E-state index >= 15 is 0 Å². The number of rotatable bonds is 4. The van der Waals surface area contributed by atoms with E-state index in [1.807, 2.05) is 12.1 Å². The Bertz CT molecular complexity index is 509. The maximum absolute atomic E-state index is 5.98. The van der Waals surface area contributed by atoms with Gasteiger partial charge in [-0.25, -0.2) is 0 Å². The van der Waals surface area contributed by atoms with Gasteiger partial charge in [-0.05, 0) is 48.6 Å². The smallest absolute Gasteiger partial charge is 0.122 e. The summed E-state index contributed by atoms with van der Waals surface area (Å²) in [5.41, 5.74) is 5.15. The van der Waals surface area contributed by atoms with Crippen molar-refractivity contribution >= 4 is 0 Å². The van der Waals surface area contributed by atoms with Gasteiger partial charge in [0.15, 0.2) is 0 Å². The van der Waals surface area contributed by atoms with E-state index in [2.05, 4.69) is 51.1 Å².